The Morgan fingerprint density at radius 2 is 2.11 bits per heavy atom. The maximum atomic E-state index is 11.9. The zero-order valence-corrected chi connectivity index (χ0v) is 12.0. The van der Waals surface area contributed by atoms with Crippen molar-refractivity contribution in [2.24, 2.45) is 0 Å². The van der Waals surface area contributed by atoms with Gasteiger partial charge in [-0.25, -0.2) is 4.98 Å². The van der Waals surface area contributed by atoms with Gasteiger partial charge in [-0.15, -0.1) is 0 Å². The minimum absolute atomic E-state index is 0.00281. The van der Waals surface area contributed by atoms with Crippen molar-refractivity contribution >= 4 is 17.7 Å². The molecular formula is C13H20N2O2S. The van der Waals surface area contributed by atoms with Gasteiger partial charge in [-0.05, 0) is 38.0 Å². The molecule has 0 aliphatic rings. The van der Waals surface area contributed by atoms with E-state index in [2.05, 4.69) is 4.98 Å². The Labute approximate surface area is 112 Å². The minimum Gasteiger partial charge on any atom is -0.392 e. The Kier molecular flexibility index (Phi) is 6.15. The van der Waals surface area contributed by atoms with Gasteiger partial charge in [0.05, 0.1) is 17.4 Å². The lowest BCUT2D eigenvalue weighted by Crippen LogP contribution is -2.31. The zero-order chi connectivity index (χ0) is 13.5. The number of nitrogens with zero attached hydrogens (tertiary/aromatic N) is 2. The summed E-state index contributed by atoms with van der Waals surface area (Å²) in [6.45, 7) is 7.38. The second kappa shape index (κ2) is 7.38. The van der Waals surface area contributed by atoms with Crippen LogP contribution in [0.1, 0.15) is 25.0 Å². The third-order valence-electron chi connectivity index (χ3n) is 2.72. The number of aromatic nitrogens is 1. The van der Waals surface area contributed by atoms with E-state index in [1.54, 1.807) is 6.20 Å². The number of pyridine rings is 1. The maximum Gasteiger partial charge on any atom is 0.232 e. The Hall–Kier alpha value is -1.07. The summed E-state index contributed by atoms with van der Waals surface area (Å²) in [4.78, 5) is 17.9. The molecule has 5 heteroatoms. The first-order valence-electron chi connectivity index (χ1n) is 6.09. The van der Waals surface area contributed by atoms with E-state index in [0.717, 1.165) is 29.2 Å². The van der Waals surface area contributed by atoms with Crippen LogP contribution in [-0.4, -0.2) is 39.7 Å². The van der Waals surface area contributed by atoms with E-state index in [4.69, 9.17) is 5.11 Å². The highest BCUT2D eigenvalue weighted by Crippen LogP contribution is 2.20. The highest BCUT2D eigenvalue weighted by molar-refractivity contribution is 7.99. The lowest BCUT2D eigenvalue weighted by atomic mass is 10.2. The van der Waals surface area contributed by atoms with E-state index in [1.165, 1.54) is 11.8 Å². The number of carbonyl (C=O) groups excluding carboxylic acids is 1. The molecule has 0 bridgehead atoms. The van der Waals surface area contributed by atoms with Crippen molar-refractivity contribution in [2.45, 2.75) is 32.4 Å². The molecular weight excluding hydrogens is 248 g/mol. The molecule has 0 fully saturated rings. The van der Waals surface area contributed by atoms with Gasteiger partial charge in [0.2, 0.25) is 5.91 Å². The fraction of sp³-hybridized carbons (Fsp3) is 0.538. The third kappa shape index (κ3) is 3.99. The molecule has 1 amide bonds. The predicted octanol–water partition coefficient (Wildman–Crippen LogP) is 1.84. The molecule has 1 aromatic heterocycles. The van der Waals surface area contributed by atoms with Crippen LogP contribution in [0.15, 0.2) is 17.3 Å². The van der Waals surface area contributed by atoms with Gasteiger partial charge in [-0.1, -0.05) is 11.8 Å². The largest absolute Gasteiger partial charge is 0.392 e. The van der Waals surface area contributed by atoms with Gasteiger partial charge >= 0.3 is 0 Å². The second-order valence-corrected chi connectivity index (χ2v) is 4.94. The Morgan fingerprint density at radius 1 is 1.44 bits per heavy atom. The molecule has 1 rings (SSSR count). The molecule has 0 atom stereocenters. The van der Waals surface area contributed by atoms with Crippen molar-refractivity contribution in [3.05, 3.63) is 23.4 Å². The summed E-state index contributed by atoms with van der Waals surface area (Å²) in [6, 6.07) is 1.90. The first-order valence-corrected chi connectivity index (χ1v) is 7.07. The van der Waals surface area contributed by atoms with E-state index in [0.29, 0.717) is 5.75 Å². The summed E-state index contributed by atoms with van der Waals surface area (Å²) in [5.41, 5.74) is 1.80. The second-order valence-electron chi connectivity index (χ2n) is 3.98. The van der Waals surface area contributed by atoms with E-state index in [9.17, 15) is 4.79 Å². The van der Waals surface area contributed by atoms with E-state index < -0.39 is 0 Å². The van der Waals surface area contributed by atoms with Crippen LogP contribution in [-0.2, 0) is 11.4 Å². The molecule has 0 saturated carbocycles. The molecule has 0 aromatic carbocycles. The molecule has 0 radical (unpaired) electrons. The molecule has 1 N–H and O–H groups in total. The van der Waals surface area contributed by atoms with Crippen LogP contribution >= 0.6 is 11.8 Å². The number of thioether (sulfide) groups is 1. The van der Waals surface area contributed by atoms with Crippen LogP contribution in [0.3, 0.4) is 0 Å². The number of aliphatic hydroxyl groups is 1. The molecule has 0 saturated heterocycles. The van der Waals surface area contributed by atoms with Crippen molar-refractivity contribution in [3.63, 3.8) is 0 Å². The topological polar surface area (TPSA) is 53.4 Å². The SMILES string of the molecule is CCN(CC)C(=O)CSc1ncc(CO)cc1C. The van der Waals surface area contributed by atoms with Crippen molar-refractivity contribution in [2.75, 3.05) is 18.8 Å². The molecule has 0 spiro atoms. The summed E-state index contributed by atoms with van der Waals surface area (Å²) < 4.78 is 0. The van der Waals surface area contributed by atoms with Crippen LogP contribution in [0.5, 0.6) is 0 Å². The first kappa shape index (κ1) is 15.0. The highest BCUT2D eigenvalue weighted by Gasteiger charge is 2.11. The van der Waals surface area contributed by atoms with Crippen LogP contribution in [0, 0.1) is 6.92 Å². The Balaban J connectivity index is 2.61. The van der Waals surface area contributed by atoms with Crippen molar-refractivity contribution in [1.29, 1.82) is 0 Å². The molecule has 0 aliphatic heterocycles. The van der Waals surface area contributed by atoms with Gasteiger partial charge in [0.25, 0.3) is 0 Å². The van der Waals surface area contributed by atoms with Crippen molar-refractivity contribution in [1.82, 2.24) is 9.88 Å². The Bertz CT molecular complexity index is 406. The van der Waals surface area contributed by atoms with Crippen LogP contribution in [0.25, 0.3) is 0 Å². The summed E-state index contributed by atoms with van der Waals surface area (Å²) in [7, 11) is 0. The number of hydrogen-bond donors (Lipinski definition) is 1. The fourth-order valence-electron chi connectivity index (χ4n) is 1.66. The van der Waals surface area contributed by atoms with Crippen LogP contribution < -0.4 is 0 Å². The summed E-state index contributed by atoms with van der Waals surface area (Å²) in [6.07, 6.45) is 1.65. The molecule has 1 heterocycles. The number of aliphatic hydroxyl groups excluding tert-OH is 1. The fourth-order valence-corrected chi connectivity index (χ4v) is 2.51. The highest BCUT2D eigenvalue weighted by atomic mass is 32.2. The van der Waals surface area contributed by atoms with Crippen molar-refractivity contribution < 1.29 is 9.90 Å². The third-order valence-corrected chi connectivity index (χ3v) is 3.81. The lowest BCUT2D eigenvalue weighted by Gasteiger charge is -2.18. The molecule has 0 unspecified atom stereocenters. The number of amides is 1. The minimum atomic E-state index is -0.00281. The average molecular weight is 268 g/mol. The summed E-state index contributed by atoms with van der Waals surface area (Å²) in [5.74, 6) is 0.547. The summed E-state index contributed by atoms with van der Waals surface area (Å²) >= 11 is 1.45. The monoisotopic (exact) mass is 268 g/mol. The molecule has 18 heavy (non-hydrogen) atoms. The van der Waals surface area contributed by atoms with Gasteiger partial charge in [-0.2, -0.15) is 0 Å². The molecule has 1 aromatic rings. The standard InChI is InChI=1S/C13H20N2O2S/c1-4-15(5-2)12(17)9-18-13-10(3)6-11(8-16)7-14-13/h6-7,16H,4-5,8-9H2,1-3H3. The maximum absolute atomic E-state index is 11.9. The quantitative estimate of drug-likeness (QED) is 0.800. The molecule has 100 valence electrons. The first-order chi connectivity index (χ1) is 8.62. The van der Waals surface area contributed by atoms with Gasteiger partial charge in [0, 0.05) is 19.3 Å². The smallest absolute Gasteiger partial charge is 0.232 e. The van der Waals surface area contributed by atoms with Crippen LogP contribution in [0.4, 0.5) is 0 Å². The van der Waals surface area contributed by atoms with E-state index >= 15 is 0 Å². The number of aryl methyl sites for hydroxylation is 1. The van der Waals surface area contributed by atoms with E-state index in [-0.39, 0.29) is 12.5 Å². The molecule has 0 aliphatic carbocycles. The predicted molar refractivity (Wildman–Crippen MR) is 73.5 cm³/mol. The molecule has 4 nitrogen and oxygen atoms in total. The Morgan fingerprint density at radius 3 is 2.61 bits per heavy atom. The van der Waals surface area contributed by atoms with Gasteiger partial charge in [-0.3, -0.25) is 4.79 Å². The lowest BCUT2D eigenvalue weighted by molar-refractivity contribution is -0.127. The average Bonchev–Trinajstić information content (AvgIpc) is 2.38. The number of carbonyl (C=O) groups is 1. The summed E-state index contributed by atoms with van der Waals surface area (Å²) in [5, 5.41) is 9.85. The zero-order valence-electron chi connectivity index (χ0n) is 11.1. The number of hydrogen-bond acceptors (Lipinski definition) is 4. The van der Waals surface area contributed by atoms with Gasteiger partial charge in [0.1, 0.15) is 0 Å². The van der Waals surface area contributed by atoms with Gasteiger partial charge < -0.3 is 10.0 Å². The number of rotatable bonds is 6. The van der Waals surface area contributed by atoms with Crippen molar-refractivity contribution in [3.8, 4) is 0 Å². The van der Waals surface area contributed by atoms with Gasteiger partial charge in [0.15, 0.2) is 0 Å². The van der Waals surface area contributed by atoms with E-state index in [1.807, 2.05) is 31.7 Å². The normalized spacial score (nSPS) is 10.4. The van der Waals surface area contributed by atoms with Crippen LogP contribution in [0.2, 0.25) is 0 Å².